The standard InChI is InChI=1S/C27H20ClF3N2O6S/c1-33(40(36,37)23-13-10-21(11-14-23)39-27(29,30)31)19-6-8-20(9-7-19)38-22-12-15-25(24(16-22)26(34)35)32-18-4-2-17(28)3-5-18/h2-16,32H,1H3,(H,34,35). The SMILES string of the molecule is CN(c1ccc(Oc2ccc(Nc3ccc(Cl)cc3)c(C(=O)O)c2)cc1)S(=O)(=O)c1ccc(OC(F)(F)F)cc1. The quantitative estimate of drug-likeness (QED) is 0.210. The Bertz CT molecular complexity index is 1610. The monoisotopic (exact) mass is 592 g/mol. The maximum absolute atomic E-state index is 12.9. The molecule has 0 spiro atoms. The number of carboxylic acids is 1. The lowest BCUT2D eigenvalue weighted by Gasteiger charge is -2.20. The van der Waals surface area contributed by atoms with Gasteiger partial charge in [0.05, 0.1) is 21.8 Å². The molecule has 4 rings (SSSR count). The number of aromatic carboxylic acids is 1. The second kappa shape index (κ2) is 11.4. The van der Waals surface area contributed by atoms with E-state index >= 15 is 0 Å². The third kappa shape index (κ3) is 6.96. The van der Waals surface area contributed by atoms with Gasteiger partial charge in [0.1, 0.15) is 17.2 Å². The van der Waals surface area contributed by atoms with Crippen LogP contribution in [0.2, 0.25) is 5.02 Å². The van der Waals surface area contributed by atoms with Crippen molar-refractivity contribution in [2.24, 2.45) is 0 Å². The topological polar surface area (TPSA) is 105 Å². The summed E-state index contributed by atoms with van der Waals surface area (Å²) >= 11 is 5.89. The molecule has 8 nitrogen and oxygen atoms in total. The first-order valence-corrected chi connectivity index (χ1v) is 13.2. The summed E-state index contributed by atoms with van der Waals surface area (Å²) in [4.78, 5) is 11.6. The van der Waals surface area contributed by atoms with Gasteiger partial charge in [-0.25, -0.2) is 13.2 Å². The van der Waals surface area contributed by atoms with Crippen LogP contribution in [0.5, 0.6) is 17.2 Å². The molecule has 208 valence electrons. The molecule has 0 atom stereocenters. The van der Waals surface area contributed by atoms with E-state index in [9.17, 15) is 31.5 Å². The zero-order chi connectivity index (χ0) is 29.1. The van der Waals surface area contributed by atoms with Crippen molar-refractivity contribution in [3.05, 3.63) is 102 Å². The Balaban J connectivity index is 1.48. The van der Waals surface area contributed by atoms with Gasteiger partial charge < -0.3 is 19.9 Å². The lowest BCUT2D eigenvalue weighted by molar-refractivity contribution is -0.274. The van der Waals surface area contributed by atoms with Crippen LogP contribution in [0.1, 0.15) is 10.4 Å². The van der Waals surface area contributed by atoms with Crippen LogP contribution in [0.3, 0.4) is 0 Å². The summed E-state index contributed by atoms with van der Waals surface area (Å²) in [5.41, 5.74) is 1.18. The van der Waals surface area contributed by atoms with Crippen molar-refractivity contribution in [1.29, 1.82) is 0 Å². The van der Waals surface area contributed by atoms with Gasteiger partial charge in [-0.1, -0.05) is 11.6 Å². The molecule has 4 aromatic carbocycles. The third-order valence-corrected chi connectivity index (χ3v) is 7.55. The summed E-state index contributed by atoms with van der Waals surface area (Å²) in [5, 5.41) is 13.2. The summed E-state index contributed by atoms with van der Waals surface area (Å²) < 4.78 is 73.5. The van der Waals surface area contributed by atoms with Crippen molar-refractivity contribution in [1.82, 2.24) is 0 Å². The van der Waals surface area contributed by atoms with E-state index in [1.807, 2.05) is 0 Å². The average Bonchev–Trinajstić information content (AvgIpc) is 2.90. The van der Waals surface area contributed by atoms with Gasteiger partial charge in [0.2, 0.25) is 0 Å². The van der Waals surface area contributed by atoms with E-state index in [0.717, 1.165) is 28.6 Å². The molecular weight excluding hydrogens is 573 g/mol. The van der Waals surface area contributed by atoms with Crippen molar-refractivity contribution in [2.45, 2.75) is 11.3 Å². The van der Waals surface area contributed by atoms with Gasteiger partial charge in [0.15, 0.2) is 0 Å². The predicted molar refractivity (Wildman–Crippen MR) is 143 cm³/mol. The van der Waals surface area contributed by atoms with Crippen LogP contribution in [-0.2, 0) is 10.0 Å². The molecule has 40 heavy (non-hydrogen) atoms. The molecule has 0 bridgehead atoms. The van der Waals surface area contributed by atoms with Crippen molar-refractivity contribution >= 4 is 44.7 Å². The highest BCUT2D eigenvalue weighted by molar-refractivity contribution is 7.92. The Labute approximate surface area is 232 Å². The second-order valence-corrected chi connectivity index (χ2v) is 10.6. The Morgan fingerprint density at radius 2 is 1.45 bits per heavy atom. The zero-order valence-electron chi connectivity index (χ0n) is 20.5. The number of halogens is 4. The fourth-order valence-corrected chi connectivity index (χ4v) is 4.85. The molecule has 0 saturated carbocycles. The van der Waals surface area contributed by atoms with Crippen LogP contribution in [-0.4, -0.2) is 32.9 Å². The van der Waals surface area contributed by atoms with Crippen LogP contribution in [0, 0.1) is 0 Å². The number of hydrogen-bond donors (Lipinski definition) is 2. The number of benzene rings is 4. The van der Waals surface area contributed by atoms with Gasteiger partial charge in [-0.05, 0) is 91.0 Å². The molecule has 0 aliphatic heterocycles. The van der Waals surface area contributed by atoms with Gasteiger partial charge in [-0.2, -0.15) is 0 Å². The van der Waals surface area contributed by atoms with Crippen molar-refractivity contribution in [3.8, 4) is 17.2 Å². The summed E-state index contributed by atoms with van der Waals surface area (Å²) in [6.45, 7) is 0. The van der Waals surface area contributed by atoms with Gasteiger partial charge >= 0.3 is 12.3 Å². The Hall–Kier alpha value is -4.42. The molecule has 13 heteroatoms. The zero-order valence-corrected chi connectivity index (χ0v) is 22.1. The van der Waals surface area contributed by atoms with Gasteiger partial charge in [0, 0.05) is 17.8 Å². The normalized spacial score (nSPS) is 11.5. The first kappa shape index (κ1) is 28.6. The first-order chi connectivity index (χ1) is 18.8. The third-order valence-electron chi connectivity index (χ3n) is 5.50. The summed E-state index contributed by atoms with van der Waals surface area (Å²) in [6, 6.07) is 20.9. The molecule has 0 fully saturated rings. The minimum atomic E-state index is -4.90. The van der Waals surface area contributed by atoms with E-state index in [4.69, 9.17) is 16.3 Å². The maximum atomic E-state index is 12.9. The number of alkyl halides is 3. The molecule has 0 unspecified atom stereocenters. The maximum Gasteiger partial charge on any atom is 0.573 e. The molecule has 0 saturated heterocycles. The fraction of sp³-hybridized carbons (Fsp3) is 0.0741. The average molecular weight is 593 g/mol. The number of rotatable bonds is 9. The predicted octanol–water partition coefficient (Wildman–Crippen LogP) is 7.30. The van der Waals surface area contributed by atoms with Crippen LogP contribution < -0.4 is 19.1 Å². The largest absolute Gasteiger partial charge is 0.573 e. The lowest BCUT2D eigenvalue weighted by atomic mass is 10.1. The highest BCUT2D eigenvalue weighted by atomic mass is 35.5. The number of nitrogens with zero attached hydrogens (tertiary/aromatic N) is 1. The molecule has 0 amide bonds. The summed E-state index contributed by atoms with van der Waals surface area (Å²) in [6.07, 6.45) is -4.90. The summed E-state index contributed by atoms with van der Waals surface area (Å²) in [5.74, 6) is -1.19. The van der Waals surface area contributed by atoms with E-state index in [-0.39, 0.29) is 21.9 Å². The van der Waals surface area contributed by atoms with Crippen molar-refractivity contribution in [2.75, 3.05) is 16.7 Å². The number of nitrogens with one attached hydrogen (secondary N) is 1. The second-order valence-electron chi connectivity index (χ2n) is 8.23. The molecule has 0 radical (unpaired) electrons. The molecular formula is C27H20ClF3N2O6S. The number of sulfonamides is 1. The van der Waals surface area contributed by atoms with Crippen molar-refractivity contribution < 1.29 is 41.0 Å². The Kier molecular flexibility index (Phi) is 8.12. The van der Waals surface area contributed by atoms with Crippen LogP contribution in [0.15, 0.2) is 95.9 Å². The fourth-order valence-electron chi connectivity index (χ4n) is 3.53. The molecule has 0 aromatic heterocycles. The van der Waals surface area contributed by atoms with Crippen LogP contribution >= 0.6 is 11.6 Å². The molecule has 0 heterocycles. The Morgan fingerprint density at radius 3 is 2.02 bits per heavy atom. The smallest absolute Gasteiger partial charge is 0.478 e. The molecule has 0 aliphatic rings. The molecule has 0 aliphatic carbocycles. The van der Waals surface area contributed by atoms with E-state index in [2.05, 4.69) is 10.1 Å². The van der Waals surface area contributed by atoms with Gasteiger partial charge in [-0.15, -0.1) is 13.2 Å². The highest BCUT2D eigenvalue weighted by Gasteiger charge is 2.31. The van der Waals surface area contributed by atoms with Crippen molar-refractivity contribution in [3.63, 3.8) is 0 Å². The van der Waals surface area contributed by atoms with E-state index in [0.29, 0.717) is 22.1 Å². The minimum Gasteiger partial charge on any atom is -0.478 e. The number of hydrogen-bond acceptors (Lipinski definition) is 6. The van der Waals surface area contributed by atoms with Crippen LogP contribution in [0.25, 0.3) is 0 Å². The van der Waals surface area contributed by atoms with E-state index in [1.54, 1.807) is 36.4 Å². The molecule has 2 N–H and O–H groups in total. The first-order valence-electron chi connectivity index (χ1n) is 11.3. The number of ether oxygens (including phenoxy) is 2. The summed E-state index contributed by atoms with van der Waals surface area (Å²) in [7, 11) is -2.81. The highest BCUT2D eigenvalue weighted by Crippen LogP contribution is 2.31. The van der Waals surface area contributed by atoms with Gasteiger partial charge in [0.25, 0.3) is 10.0 Å². The number of carboxylic acid groups (broad SMARTS) is 1. The number of anilines is 3. The minimum absolute atomic E-state index is 0.0402. The number of carbonyl (C=O) groups is 1. The lowest BCUT2D eigenvalue weighted by Crippen LogP contribution is -2.26. The molecule has 4 aromatic rings. The Morgan fingerprint density at radius 1 is 0.875 bits per heavy atom. The van der Waals surface area contributed by atoms with E-state index in [1.165, 1.54) is 37.4 Å². The van der Waals surface area contributed by atoms with Gasteiger partial charge in [-0.3, -0.25) is 4.31 Å². The van der Waals surface area contributed by atoms with E-state index < -0.39 is 28.1 Å². The van der Waals surface area contributed by atoms with Crippen LogP contribution in [0.4, 0.5) is 30.2 Å².